The van der Waals surface area contributed by atoms with Crippen LogP contribution in [0.5, 0.6) is 0 Å². The van der Waals surface area contributed by atoms with E-state index < -0.39 is 34.4 Å². The van der Waals surface area contributed by atoms with E-state index in [0.29, 0.717) is 4.90 Å². The summed E-state index contributed by atoms with van der Waals surface area (Å²) in [4.78, 5) is 41.6. The van der Waals surface area contributed by atoms with Crippen LogP contribution < -0.4 is 108 Å². The van der Waals surface area contributed by atoms with Gasteiger partial charge in [-0.25, -0.2) is 0 Å². The molecular weight excluding hydrogens is 305 g/mol. The van der Waals surface area contributed by atoms with Crippen molar-refractivity contribution in [3.8, 4) is 0 Å². The molecule has 0 aromatic heterocycles. The summed E-state index contributed by atoms with van der Waals surface area (Å²) in [5.74, 6) is 0. The molecule has 0 rings (SSSR count). The van der Waals surface area contributed by atoms with E-state index >= 15 is 0 Å². The molecule has 0 saturated heterocycles. The van der Waals surface area contributed by atoms with Gasteiger partial charge in [-0.3, -0.25) is 4.90 Å². The average Bonchev–Trinajstić information content (AvgIpc) is 1.78. The number of hydrogen-bond acceptors (Lipinski definition) is 8. The molecule has 0 aliphatic carbocycles. The first-order valence-corrected chi connectivity index (χ1v) is 6.95. The first-order valence-electron chi connectivity index (χ1n) is 3.49. The van der Waals surface area contributed by atoms with Gasteiger partial charge in [0, 0.05) is 19.1 Å². The van der Waals surface area contributed by atoms with E-state index in [2.05, 4.69) is 0 Å². The van der Waals surface area contributed by atoms with Gasteiger partial charge < -0.3 is 33.8 Å². The molecule has 0 aromatic rings. The number of aliphatic hydroxyl groups is 1. The fraction of sp³-hybridized carbons (Fsp3) is 1.00. The Kier molecular flexibility index (Phi) is 21.6. The van der Waals surface area contributed by atoms with E-state index in [0.717, 1.165) is 0 Å². The fourth-order valence-electron chi connectivity index (χ4n) is 0.817. The quantitative estimate of drug-likeness (QED) is 0.375. The second-order valence-electron chi connectivity index (χ2n) is 2.62. The molecule has 86 valence electrons. The van der Waals surface area contributed by atoms with Gasteiger partial charge in [0.2, 0.25) is 0 Å². The number of nitrogens with zero attached hydrogens (tertiary/aromatic N) is 1. The van der Waals surface area contributed by atoms with Gasteiger partial charge >= 0.3 is 88.7 Å². The molecule has 13 heteroatoms. The Hall–Kier alpha value is 3.22. The van der Waals surface area contributed by atoms with Crippen LogP contribution in [-0.4, -0.2) is 35.7 Å². The molecule has 0 aliphatic rings. The van der Waals surface area contributed by atoms with Crippen LogP contribution in [0.25, 0.3) is 0 Å². The fourth-order valence-corrected chi connectivity index (χ4v) is 2.44. The van der Waals surface area contributed by atoms with Crippen molar-refractivity contribution in [2.24, 2.45) is 0 Å². The first kappa shape index (κ1) is 28.4. The summed E-state index contributed by atoms with van der Waals surface area (Å²) < 4.78 is 20.5. The number of hydrogen-bond donors (Lipinski definition) is 1. The molecule has 17 heavy (non-hydrogen) atoms. The summed E-state index contributed by atoms with van der Waals surface area (Å²) in [5.41, 5.74) is 0. The van der Waals surface area contributed by atoms with Crippen LogP contribution in [0, 0.1) is 0 Å². The van der Waals surface area contributed by atoms with E-state index in [-0.39, 0.29) is 95.2 Å². The topological polar surface area (TPSA) is 150 Å². The van der Waals surface area contributed by atoms with Crippen LogP contribution in [0.2, 0.25) is 0 Å². The van der Waals surface area contributed by atoms with Gasteiger partial charge in [-0.2, -0.15) is 0 Å². The van der Waals surface area contributed by atoms with E-state index in [1.807, 2.05) is 0 Å². The monoisotopic (exact) mass is 314 g/mol. The largest absolute Gasteiger partial charge is 1.00 e. The molecule has 0 radical (unpaired) electrons. The van der Waals surface area contributed by atoms with Gasteiger partial charge in [0.25, 0.3) is 0 Å². The van der Waals surface area contributed by atoms with Gasteiger partial charge in [-0.05, 0) is 0 Å². The van der Waals surface area contributed by atoms with Crippen molar-refractivity contribution in [2.45, 2.75) is 0 Å². The van der Waals surface area contributed by atoms with Gasteiger partial charge in [-0.15, -0.1) is 0 Å². The average molecular weight is 314 g/mol. The van der Waals surface area contributed by atoms with Gasteiger partial charge in [0.1, 0.15) is 0 Å². The van der Waals surface area contributed by atoms with Crippen LogP contribution in [0.15, 0.2) is 0 Å². The Morgan fingerprint density at radius 3 is 1.35 bits per heavy atom. The van der Waals surface area contributed by atoms with E-state index in [1.54, 1.807) is 0 Å². The van der Waals surface area contributed by atoms with Crippen LogP contribution in [0.4, 0.5) is 0 Å². The summed E-state index contributed by atoms with van der Waals surface area (Å²) in [7, 11) is -9.84. The molecule has 1 N–H and O–H groups in total. The molecular formula is C4H9NNa3O7P2-. The Morgan fingerprint density at radius 1 is 0.882 bits per heavy atom. The normalized spacial score (nSPS) is 11.2. The molecule has 8 nitrogen and oxygen atoms in total. The van der Waals surface area contributed by atoms with Crippen molar-refractivity contribution in [3.63, 3.8) is 0 Å². The molecule has 0 bridgehead atoms. The molecule has 0 heterocycles. The SMILES string of the molecule is O=P([O-])([O-])CN(CCO)CP(=O)([O-])[O-].[Na+].[Na+].[Na+]. The number of rotatable bonds is 6. The summed E-state index contributed by atoms with van der Waals surface area (Å²) in [5, 5.41) is 8.40. The standard InChI is InChI=1S/C4H13NO7P2.3Na/c6-2-1-5(3-13(7,8)9)4-14(10,11)12;;;/h6H,1-4H2,(H2,7,8,9)(H2,10,11,12);;;/q;3*+1/p-4. The van der Waals surface area contributed by atoms with Gasteiger partial charge in [0.15, 0.2) is 0 Å². The molecule has 0 aliphatic heterocycles. The second kappa shape index (κ2) is 12.9. The zero-order valence-electron chi connectivity index (χ0n) is 10.1. The minimum Gasteiger partial charge on any atom is -0.810 e. The minimum atomic E-state index is -4.92. The zero-order valence-corrected chi connectivity index (χ0v) is 17.9. The molecule has 0 atom stereocenters. The van der Waals surface area contributed by atoms with Crippen molar-refractivity contribution in [3.05, 3.63) is 0 Å². The van der Waals surface area contributed by atoms with Crippen molar-refractivity contribution in [2.75, 3.05) is 25.7 Å². The van der Waals surface area contributed by atoms with E-state index in [4.69, 9.17) is 5.11 Å². The summed E-state index contributed by atoms with van der Waals surface area (Å²) in [6.45, 7) is -0.900. The molecule has 0 amide bonds. The third-order valence-corrected chi connectivity index (χ3v) is 2.66. The third kappa shape index (κ3) is 21.7. The Labute approximate surface area is 166 Å². The molecule has 0 spiro atoms. The molecule has 0 unspecified atom stereocenters. The van der Waals surface area contributed by atoms with Crippen LogP contribution in [-0.2, 0) is 9.13 Å². The smallest absolute Gasteiger partial charge is 0.810 e. The summed E-state index contributed by atoms with van der Waals surface area (Å²) >= 11 is 0. The summed E-state index contributed by atoms with van der Waals surface area (Å²) in [6.07, 6.45) is -2.16. The minimum absolute atomic E-state index is 0. The zero-order chi connectivity index (χ0) is 11.4. The van der Waals surface area contributed by atoms with Crippen molar-refractivity contribution < 1.29 is 122 Å². The Bertz CT molecular complexity index is 244. The number of aliphatic hydroxyl groups excluding tert-OH is 1. The molecule has 0 saturated carbocycles. The van der Waals surface area contributed by atoms with Crippen molar-refractivity contribution >= 4 is 15.2 Å². The predicted octanol–water partition coefficient (Wildman–Crippen LogP) is -13.0. The first-order chi connectivity index (χ1) is 6.14. The molecule has 0 aromatic carbocycles. The Balaban J connectivity index is -0.000000282. The maximum absolute atomic E-state index is 10.3. The van der Waals surface area contributed by atoms with Crippen LogP contribution in [0.1, 0.15) is 0 Å². The second-order valence-corrected chi connectivity index (χ2v) is 5.63. The van der Waals surface area contributed by atoms with E-state index in [1.165, 1.54) is 0 Å². The van der Waals surface area contributed by atoms with Gasteiger partial charge in [-0.1, -0.05) is 15.2 Å². The maximum Gasteiger partial charge on any atom is 1.00 e. The predicted molar refractivity (Wildman–Crippen MR) is 38.7 cm³/mol. The van der Waals surface area contributed by atoms with E-state index in [9.17, 15) is 28.7 Å². The van der Waals surface area contributed by atoms with Crippen molar-refractivity contribution in [1.82, 2.24) is 4.90 Å². The van der Waals surface area contributed by atoms with Crippen molar-refractivity contribution in [1.29, 1.82) is 0 Å². The van der Waals surface area contributed by atoms with Gasteiger partial charge in [0.05, 0.1) is 6.61 Å². The maximum atomic E-state index is 10.3. The molecule has 0 fully saturated rings. The van der Waals surface area contributed by atoms with Crippen LogP contribution in [0.3, 0.4) is 0 Å². The summed E-state index contributed by atoms with van der Waals surface area (Å²) in [6, 6.07) is 0. The Morgan fingerprint density at radius 2 is 1.18 bits per heavy atom. The van der Waals surface area contributed by atoms with Crippen LogP contribution >= 0.6 is 15.2 Å². The third-order valence-electron chi connectivity index (χ3n) is 1.16.